The molecule has 0 bridgehead atoms. The minimum Gasteiger partial charge on any atom is -0.481 e. The first-order valence-electron chi connectivity index (χ1n) is 6.60. The summed E-state index contributed by atoms with van der Waals surface area (Å²) in [7, 11) is 0. The molecule has 0 heterocycles. The van der Waals surface area contributed by atoms with Crippen molar-refractivity contribution in [3.05, 3.63) is 0 Å². The highest BCUT2D eigenvalue weighted by Crippen LogP contribution is 2.03. The van der Waals surface area contributed by atoms with Crippen LogP contribution in [0.25, 0.3) is 0 Å². The number of hydrogen-bond donors (Lipinski definition) is 2. The van der Waals surface area contributed by atoms with Gasteiger partial charge in [0.2, 0.25) is 0 Å². The Labute approximate surface area is 110 Å². The molecule has 18 heavy (non-hydrogen) atoms. The number of carboxylic acid groups (broad SMARTS) is 1. The molecule has 0 fully saturated rings. The van der Waals surface area contributed by atoms with Crippen molar-refractivity contribution in [3.63, 3.8) is 0 Å². The van der Waals surface area contributed by atoms with Gasteiger partial charge in [-0.1, -0.05) is 13.8 Å². The first kappa shape index (κ1) is 16.7. The Bertz CT molecular complexity index is 265. The molecule has 0 saturated heterocycles. The molecule has 0 saturated carbocycles. The van der Waals surface area contributed by atoms with Crippen LogP contribution in [0.1, 0.15) is 47.0 Å². The number of aliphatic carboxylic acids is 1. The van der Waals surface area contributed by atoms with Gasteiger partial charge in [0.25, 0.3) is 0 Å². The highest BCUT2D eigenvalue weighted by Gasteiger charge is 2.17. The van der Waals surface area contributed by atoms with Gasteiger partial charge < -0.3 is 15.3 Å². The van der Waals surface area contributed by atoms with Crippen molar-refractivity contribution in [3.8, 4) is 0 Å². The topological polar surface area (TPSA) is 69.6 Å². The molecule has 2 amide bonds. The quantitative estimate of drug-likeness (QED) is 0.656. The lowest BCUT2D eigenvalue weighted by atomic mass is 10.1. The van der Waals surface area contributed by atoms with Gasteiger partial charge in [0.1, 0.15) is 0 Å². The molecular weight excluding hydrogens is 232 g/mol. The van der Waals surface area contributed by atoms with Crippen LogP contribution in [-0.4, -0.2) is 41.1 Å². The van der Waals surface area contributed by atoms with E-state index in [9.17, 15) is 9.59 Å². The molecular formula is C13H26N2O3. The molecule has 106 valence electrons. The van der Waals surface area contributed by atoms with Crippen LogP contribution < -0.4 is 5.32 Å². The van der Waals surface area contributed by atoms with Crippen molar-refractivity contribution < 1.29 is 14.7 Å². The fraction of sp³-hybridized carbons (Fsp3) is 0.846. The molecule has 0 aliphatic carbocycles. The number of carbonyl (C=O) groups is 2. The van der Waals surface area contributed by atoms with E-state index < -0.39 is 5.97 Å². The Morgan fingerprint density at radius 3 is 2.28 bits per heavy atom. The van der Waals surface area contributed by atoms with Gasteiger partial charge in [-0.2, -0.15) is 0 Å². The van der Waals surface area contributed by atoms with Crippen molar-refractivity contribution >= 4 is 12.0 Å². The van der Waals surface area contributed by atoms with Crippen LogP contribution in [0, 0.1) is 5.92 Å². The fourth-order valence-electron chi connectivity index (χ4n) is 1.62. The predicted octanol–water partition coefficient (Wildman–Crippen LogP) is 2.32. The van der Waals surface area contributed by atoms with Crippen LogP contribution in [0.5, 0.6) is 0 Å². The second-order valence-corrected chi connectivity index (χ2v) is 5.20. The smallest absolute Gasteiger partial charge is 0.317 e. The van der Waals surface area contributed by atoms with Crippen molar-refractivity contribution in [2.45, 2.75) is 53.0 Å². The number of rotatable bonds is 8. The van der Waals surface area contributed by atoms with Crippen molar-refractivity contribution in [1.82, 2.24) is 10.2 Å². The zero-order valence-electron chi connectivity index (χ0n) is 11.9. The van der Waals surface area contributed by atoms with E-state index in [0.717, 1.165) is 12.8 Å². The second-order valence-electron chi connectivity index (χ2n) is 5.20. The molecule has 0 aromatic heterocycles. The van der Waals surface area contributed by atoms with E-state index >= 15 is 0 Å². The molecule has 5 heteroatoms. The minimum atomic E-state index is -0.881. The van der Waals surface area contributed by atoms with E-state index in [0.29, 0.717) is 12.5 Å². The largest absolute Gasteiger partial charge is 0.481 e. The number of amides is 2. The highest BCUT2D eigenvalue weighted by molar-refractivity contribution is 5.75. The molecule has 0 aromatic rings. The van der Waals surface area contributed by atoms with Crippen LogP contribution in [-0.2, 0) is 4.79 Å². The van der Waals surface area contributed by atoms with Gasteiger partial charge in [-0.3, -0.25) is 4.79 Å². The van der Waals surface area contributed by atoms with Gasteiger partial charge in [0.05, 0.1) is 6.42 Å². The van der Waals surface area contributed by atoms with Gasteiger partial charge in [-0.05, 0) is 32.6 Å². The second kappa shape index (κ2) is 8.78. The van der Waals surface area contributed by atoms with E-state index in [1.54, 1.807) is 4.90 Å². The Balaban J connectivity index is 4.02. The van der Waals surface area contributed by atoms with Gasteiger partial charge in [0, 0.05) is 19.1 Å². The molecule has 0 aliphatic heterocycles. The third-order valence-corrected chi connectivity index (χ3v) is 2.69. The lowest BCUT2D eigenvalue weighted by Gasteiger charge is -2.26. The molecule has 0 rings (SSSR count). The van der Waals surface area contributed by atoms with E-state index in [4.69, 9.17) is 5.11 Å². The molecule has 0 aliphatic rings. The zero-order chi connectivity index (χ0) is 14.1. The van der Waals surface area contributed by atoms with Crippen LogP contribution in [0.3, 0.4) is 0 Å². The first-order valence-corrected chi connectivity index (χ1v) is 6.60. The molecule has 0 atom stereocenters. The maximum absolute atomic E-state index is 11.9. The Kier molecular flexibility index (Phi) is 8.16. The summed E-state index contributed by atoms with van der Waals surface area (Å²) < 4.78 is 0. The molecule has 2 N–H and O–H groups in total. The molecule has 0 radical (unpaired) electrons. The monoisotopic (exact) mass is 258 g/mol. The predicted molar refractivity (Wildman–Crippen MR) is 71.6 cm³/mol. The zero-order valence-corrected chi connectivity index (χ0v) is 11.9. The van der Waals surface area contributed by atoms with Gasteiger partial charge in [0.15, 0.2) is 0 Å². The van der Waals surface area contributed by atoms with Crippen LogP contribution in [0.15, 0.2) is 0 Å². The highest BCUT2D eigenvalue weighted by atomic mass is 16.4. The number of carbonyl (C=O) groups excluding carboxylic acids is 1. The fourth-order valence-corrected chi connectivity index (χ4v) is 1.62. The van der Waals surface area contributed by atoms with Crippen LogP contribution >= 0.6 is 0 Å². The van der Waals surface area contributed by atoms with E-state index in [1.807, 2.05) is 13.8 Å². The number of hydrogen-bond acceptors (Lipinski definition) is 2. The summed E-state index contributed by atoms with van der Waals surface area (Å²) in [5.74, 6) is -0.247. The SMILES string of the molecule is CC(C)CCCNC(=O)N(CCC(=O)O)C(C)C. The normalized spacial score (nSPS) is 10.8. The maximum Gasteiger partial charge on any atom is 0.317 e. The van der Waals surface area contributed by atoms with Gasteiger partial charge >= 0.3 is 12.0 Å². The summed E-state index contributed by atoms with van der Waals surface area (Å²) >= 11 is 0. The average Bonchev–Trinajstić information content (AvgIpc) is 2.23. The van der Waals surface area contributed by atoms with E-state index in [-0.39, 0.29) is 25.0 Å². The van der Waals surface area contributed by atoms with Crippen molar-refractivity contribution in [1.29, 1.82) is 0 Å². The summed E-state index contributed by atoms with van der Waals surface area (Å²) in [4.78, 5) is 23.9. The Hall–Kier alpha value is -1.26. The first-order chi connectivity index (χ1) is 8.34. The van der Waals surface area contributed by atoms with Crippen molar-refractivity contribution in [2.75, 3.05) is 13.1 Å². The molecule has 0 aromatic carbocycles. The Morgan fingerprint density at radius 1 is 1.22 bits per heavy atom. The third kappa shape index (κ3) is 7.92. The average molecular weight is 258 g/mol. The molecule has 0 spiro atoms. The minimum absolute atomic E-state index is 0.00875. The van der Waals surface area contributed by atoms with Crippen molar-refractivity contribution in [2.24, 2.45) is 5.92 Å². The number of carboxylic acids is 1. The summed E-state index contributed by atoms with van der Waals surface area (Å²) in [6.45, 7) is 8.96. The lowest BCUT2D eigenvalue weighted by Crippen LogP contribution is -2.45. The molecule has 0 unspecified atom stereocenters. The van der Waals surface area contributed by atoms with Crippen LogP contribution in [0.4, 0.5) is 4.79 Å². The van der Waals surface area contributed by atoms with E-state index in [2.05, 4.69) is 19.2 Å². The standard InChI is InChI=1S/C13H26N2O3/c1-10(2)6-5-8-14-13(18)15(11(3)4)9-7-12(16)17/h10-11H,5-9H2,1-4H3,(H,14,18)(H,16,17). The lowest BCUT2D eigenvalue weighted by molar-refractivity contribution is -0.137. The number of urea groups is 1. The molecule has 5 nitrogen and oxygen atoms in total. The number of nitrogens with one attached hydrogen (secondary N) is 1. The summed E-state index contributed by atoms with van der Waals surface area (Å²) in [6, 6.07) is -0.163. The maximum atomic E-state index is 11.9. The summed E-state index contributed by atoms with van der Waals surface area (Å²) in [6.07, 6.45) is 2.02. The summed E-state index contributed by atoms with van der Waals surface area (Å²) in [5.41, 5.74) is 0. The third-order valence-electron chi connectivity index (χ3n) is 2.69. The van der Waals surface area contributed by atoms with Crippen LogP contribution in [0.2, 0.25) is 0 Å². The number of nitrogens with zero attached hydrogens (tertiary/aromatic N) is 1. The van der Waals surface area contributed by atoms with Gasteiger partial charge in [-0.15, -0.1) is 0 Å². The van der Waals surface area contributed by atoms with Gasteiger partial charge in [-0.25, -0.2) is 4.79 Å². The van der Waals surface area contributed by atoms with E-state index in [1.165, 1.54) is 0 Å². The Morgan fingerprint density at radius 2 is 1.83 bits per heavy atom. The summed E-state index contributed by atoms with van der Waals surface area (Å²) in [5, 5.41) is 11.5.